The van der Waals surface area contributed by atoms with Crippen LogP contribution in [0.3, 0.4) is 0 Å². The van der Waals surface area contributed by atoms with E-state index in [-0.39, 0.29) is 5.75 Å². The highest BCUT2D eigenvalue weighted by Crippen LogP contribution is 2.32. The van der Waals surface area contributed by atoms with Crippen molar-refractivity contribution in [1.29, 1.82) is 0 Å². The number of rotatable bonds is 3. The van der Waals surface area contributed by atoms with Crippen LogP contribution in [0.5, 0.6) is 0 Å². The van der Waals surface area contributed by atoms with Gasteiger partial charge in [-0.2, -0.15) is 0 Å². The van der Waals surface area contributed by atoms with E-state index >= 15 is 0 Å². The maximum absolute atomic E-state index is 11.0. The third-order valence-corrected chi connectivity index (χ3v) is 4.40. The summed E-state index contributed by atoms with van der Waals surface area (Å²) in [4.78, 5) is 0. The van der Waals surface area contributed by atoms with Crippen LogP contribution in [-0.2, 0) is 14.8 Å². The van der Waals surface area contributed by atoms with Crippen molar-refractivity contribution < 1.29 is 8.42 Å². The highest BCUT2D eigenvalue weighted by molar-refractivity contribution is 8.13. The Kier molecular flexibility index (Phi) is 4.10. The van der Waals surface area contributed by atoms with Gasteiger partial charge in [-0.05, 0) is 29.9 Å². The zero-order valence-corrected chi connectivity index (χ0v) is 11.3. The van der Waals surface area contributed by atoms with Gasteiger partial charge in [0, 0.05) is 10.7 Å². The second-order valence-electron chi connectivity index (χ2n) is 4.76. The Morgan fingerprint density at radius 2 is 1.65 bits per heavy atom. The van der Waals surface area contributed by atoms with E-state index in [1.807, 2.05) is 24.3 Å². The molecule has 0 bridgehead atoms. The molecule has 94 valence electrons. The third kappa shape index (κ3) is 4.00. The van der Waals surface area contributed by atoms with E-state index in [1.54, 1.807) is 0 Å². The van der Waals surface area contributed by atoms with E-state index in [1.165, 1.54) is 37.7 Å². The number of benzene rings is 1. The molecule has 0 spiro atoms. The monoisotopic (exact) mass is 272 g/mol. The topological polar surface area (TPSA) is 34.1 Å². The molecule has 0 radical (unpaired) electrons. The van der Waals surface area contributed by atoms with Gasteiger partial charge in [-0.25, -0.2) is 8.42 Å². The fourth-order valence-electron chi connectivity index (χ4n) is 2.52. The molecule has 0 heterocycles. The molecule has 17 heavy (non-hydrogen) atoms. The summed E-state index contributed by atoms with van der Waals surface area (Å²) in [6.45, 7) is 0. The first kappa shape index (κ1) is 12.9. The Balaban J connectivity index is 2.07. The average Bonchev–Trinajstić information content (AvgIpc) is 2.29. The van der Waals surface area contributed by atoms with Crippen molar-refractivity contribution in [2.24, 2.45) is 0 Å². The van der Waals surface area contributed by atoms with Crippen molar-refractivity contribution in [3.63, 3.8) is 0 Å². The van der Waals surface area contributed by atoms with Crippen molar-refractivity contribution in [1.82, 2.24) is 0 Å². The van der Waals surface area contributed by atoms with Gasteiger partial charge in [0.1, 0.15) is 0 Å². The van der Waals surface area contributed by atoms with Gasteiger partial charge in [0.2, 0.25) is 9.05 Å². The second-order valence-corrected chi connectivity index (χ2v) is 7.54. The molecular weight excluding hydrogens is 256 g/mol. The minimum atomic E-state index is -3.44. The fraction of sp³-hybridized carbons (Fsp3) is 0.538. The highest BCUT2D eigenvalue weighted by Gasteiger charge is 2.15. The van der Waals surface area contributed by atoms with Crippen LogP contribution < -0.4 is 0 Å². The molecule has 0 atom stereocenters. The van der Waals surface area contributed by atoms with Gasteiger partial charge >= 0.3 is 0 Å². The third-order valence-electron chi connectivity index (χ3n) is 3.40. The zero-order chi connectivity index (χ0) is 12.3. The molecule has 0 aliphatic heterocycles. The van der Waals surface area contributed by atoms with Gasteiger partial charge in [0.25, 0.3) is 0 Å². The SMILES string of the molecule is O=S(=O)(Cl)Cc1ccc(C2CCCCC2)cc1. The largest absolute Gasteiger partial charge is 0.236 e. The van der Waals surface area contributed by atoms with Crippen molar-refractivity contribution in [2.75, 3.05) is 0 Å². The standard InChI is InChI=1S/C13H17ClO2S/c14-17(15,16)10-11-6-8-13(9-7-11)12-4-2-1-3-5-12/h6-9,12H,1-5,10H2. The number of hydrogen-bond donors (Lipinski definition) is 0. The van der Waals surface area contributed by atoms with E-state index in [0.717, 1.165) is 5.56 Å². The summed E-state index contributed by atoms with van der Waals surface area (Å²) in [5.41, 5.74) is 2.10. The molecule has 0 aromatic heterocycles. The smallest absolute Gasteiger partial charge is 0.212 e. The predicted molar refractivity (Wildman–Crippen MR) is 70.7 cm³/mol. The van der Waals surface area contributed by atoms with Gasteiger partial charge < -0.3 is 0 Å². The number of halogens is 1. The Labute approximate surface area is 107 Å². The first-order valence-corrected chi connectivity index (χ1v) is 8.53. The number of hydrogen-bond acceptors (Lipinski definition) is 2. The van der Waals surface area contributed by atoms with Gasteiger partial charge in [-0.3, -0.25) is 0 Å². The highest BCUT2D eigenvalue weighted by atomic mass is 35.7. The lowest BCUT2D eigenvalue weighted by atomic mass is 9.84. The summed E-state index contributed by atoms with van der Waals surface area (Å²) in [6, 6.07) is 7.86. The zero-order valence-electron chi connectivity index (χ0n) is 9.73. The van der Waals surface area contributed by atoms with Crippen LogP contribution in [0.25, 0.3) is 0 Å². The minimum Gasteiger partial charge on any atom is -0.212 e. The van der Waals surface area contributed by atoms with E-state index in [9.17, 15) is 8.42 Å². The first-order chi connectivity index (χ1) is 8.04. The average molecular weight is 273 g/mol. The summed E-state index contributed by atoms with van der Waals surface area (Å²) in [5.74, 6) is 0.574. The Morgan fingerprint density at radius 3 is 2.18 bits per heavy atom. The van der Waals surface area contributed by atoms with Crippen molar-refractivity contribution in [3.05, 3.63) is 35.4 Å². The molecule has 1 saturated carbocycles. The van der Waals surface area contributed by atoms with E-state index in [0.29, 0.717) is 5.92 Å². The molecule has 0 unspecified atom stereocenters. The van der Waals surface area contributed by atoms with Crippen LogP contribution in [0.4, 0.5) is 0 Å². The molecule has 1 aliphatic rings. The normalized spacial score (nSPS) is 18.2. The maximum Gasteiger partial charge on any atom is 0.236 e. The van der Waals surface area contributed by atoms with Gasteiger partial charge in [0.15, 0.2) is 0 Å². The van der Waals surface area contributed by atoms with Crippen molar-refractivity contribution in [2.45, 2.75) is 43.8 Å². The van der Waals surface area contributed by atoms with Crippen molar-refractivity contribution >= 4 is 19.7 Å². The lowest BCUT2D eigenvalue weighted by Gasteiger charge is -2.22. The predicted octanol–water partition coefficient (Wildman–Crippen LogP) is 3.80. The molecule has 2 rings (SSSR count). The summed E-state index contributed by atoms with van der Waals surface area (Å²) < 4.78 is 21.9. The van der Waals surface area contributed by atoms with Crippen LogP contribution in [0.15, 0.2) is 24.3 Å². The molecule has 2 nitrogen and oxygen atoms in total. The van der Waals surface area contributed by atoms with E-state index in [4.69, 9.17) is 10.7 Å². The van der Waals surface area contributed by atoms with Crippen LogP contribution in [0, 0.1) is 0 Å². The summed E-state index contributed by atoms with van der Waals surface area (Å²) in [6.07, 6.45) is 6.48. The molecular formula is C13H17ClO2S. The van der Waals surface area contributed by atoms with E-state index in [2.05, 4.69) is 0 Å². The van der Waals surface area contributed by atoms with Gasteiger partial charge in [0.05, 0.1) is 5.75 Å². The summed E-state index contributed by atoms with van der Waals surface area (Å²) in [7, 11) is 1.79. The maximum atomic E-state index is 11.0. The molecule has 4 heteroatoms. The van der Waals surface area contributed by atoms with E-state index < -0.39 is 9.05 Å². The van der Waals surface area contributed by atoms with Gasteiger partial charge in [-0.1, -0.05) is 43.5 Å². The first-order valence-electron chi connectivity index (χ1n) is 6.06. The fourth-order valence-corrected chi connectivity index (χ4v) is 3.49. The Morgan fingerprint density at radius 1 is 1.06 bits per heavy atom. The van der Waals surface area contributed by atoms with Crippen LogP contribution in [-0.4, -0.2) is 8.42 Å². The van der Waals surface area contributed by atoms with Crippen molar-refractivity contribution in [3.8, 4) is 0 Å². The second kappa shape index (κ2) is 5.40. The lowest BCUT2D eigenvalue weighted by Crippen LogP contribution is -2.04. The molecule has 1 aromatic rings. The molecule has 1 aromatic carbocycles. The van der Waals surface area contributed by atoms with Gasteiger partial charge in [-0.15, -0.1) is 0 Å². The molecule has 0 saturated heterocycles. The molecule has 1 aliphatic carbocycles. The van der Waals surface area contributed by atoms with Crippen LogP contribution >= 0.6 is 10.7 Å². The molecule has 0 amide bonds. The van der Waals surface area contributed by atoms with Crippen LogP contribution in [0.2, 0.25) is 0 Å². The lowest BCUT2D eigenvalue weighted by molar-refractivity contribution is 0.443. The summed E-state index contributed by atoms with van der Waals surface area (Å²) >= 11 is 0. The quantitative estimate of drug-likeness (QED) is 0.784. The molecule has 0 N–H and O–H groups in total. The summed E-state index contributed by atoms with van der Waals surface area (Å²) in [5, 5.41) is 0. The Bertz CT molecular complexity index is 459. The van der Waals surface area contributed by atoms with Crippen LogP contribution in [0.1, 0.15) is 49.1 Å². The minimum absolute atomic E-state index is 0.0838. The Hall–Kier alpha value is -0.540. The molecule has 1 fully saturated rings.